The zero-order chi connectivity index (χ0) is 18.5. The van der Waals surface area contributed by atoms with Crippen LogP contribution in [-0.2, 0) is 9.59 Å². The number of hydrogen-bond donors (Lipinski definition) is 1. The summed E-state index contributed by atoms with van der Waals surface area (Å²) in [5, 5.41) is 0. The van der Waals surface area contributed by atoms with Gasteiger partial charge in [-0.05, 0) is 43.2 Å². The molecule has 6 heteroatoms. The summed E-state index contributed by atoms with van der Waals surface area (Å²) >= 11 is 0. The van der Waals surface area contributed by atoms with Crippen molar-refractivity contribution in [3.63, 3.8) is 0 Å². The second kappa shape index (κ2) is 7.91. The number of fused-ring (bicyclic) bond motifs is 1. The summed E-state index contributed by atoms with van der Waals surface area (Å²) < 4.78 is 11.3. The molecule has 0 bridgehead atoms. The van der Waals surface area contributed by atoms with E-state index in [1.165, 1.54) is 0 Å². The fraction of sp³-hybridized carbons (Fsp3) is 0.300. The van der Waals surface area contributed by atoms with Crippen molar-refractivity contribution in [2.75, 3.05) is 18.1 Å². The highest BCUT2D eigenvalue weighted by molar-refractivity contribution is 5.97. The summed E-state index contributed by atoms with van der Waals surface area (Å²) in [5.74, 6) is 0.620. The molecular formula is C20H22N2O4. The third kappa shape index (κ3) is 4.14. The molecule has 0 saturated heterocycles. The minimum absolute atomic E-state index is 0.0835. The van der Waals surface area contributed by atoms with Crippen molar-refractivity contribution in [3.8, 4) is 11.5 Å². The van der Waals surface area contributed by atoms with Crippen LogP contribution < -0.4 is 20.1 Å². The zero-order valence-electron chi connectivity index (χ0n) is 14.7. The molecular weight excluding hydrogens is 332 g/mol. The molecule has 1 atom stereocenters. The van der Waals surface area contributed by atoms with Crippen LogP contribution in [0.3, 0.4) is 0 Å². The fourth-order valence-electron chi connectivity index (χ4n) is 2.87. The predicted molar refractivity (Wildman–Crippen MR) is 98.3 cm³/mol. The minimum Gasteiger partial charge on any atom is -0.494 e. The van der Waals surface area contributed by atoms with Gasteiger partial charge in [0.25, 0.3) is 5.91 Å². The second-order valence-corrected chi connectivity index (χ2v) is 6.25. The Hall–Kier alpha value is -3.02. The van der Waals surface area contributed by atoms with Gasteiger partial charge in [-0.2, -0.15) is 0 Å². The lowest BCUT2D eigenvalue weighted by Crippen LogP contribution is -2.49. The molecule has 0 unspecified atom stereocenters. The number of primary amides is 1. The first-order chi connectivity index (χ1) is 12.5. The van der Waals surface area contributed by atoms with Gasteiger partial charge in [-0.15, -0.1) is 0 Å². The minimum atomic E-state index is -0.836. The van der Waals surface area contributed by atoms with E-state index in [1.807, 2.05) is 37.3 Å². The number of rotatable bonds is 6. The SMILES string of the molecule is Cc1cccc(OCCCC(=O)N2C[C@H](C(N)=O)Oc3ccccc32)c1. The molecule has 1 aliphatic rings. The molecule has 0 fully saturated rings. The third-order valence-corrected chi connectivity index (χ3v) is 4.19. The highest BCUT2D eigenvalue weighted by Crippen LogP contribution is 2.33. The van der Waals surface area contributed by atoms with E-state index in [9.17, 15) is 9.59 Å². The van der Waals surface area contributed by atoms with Crippen LogP contribution in [0.5, 0.6) is 11.5 Å². The number of carbonyl (C=O) groups is 2. The van der Waals surface area contributed by atoms with E-state index in [2.05, 4.69) is 0 Å². The maximum absolute atomic E-state index is 12.7. The molecule has 2 aromatic carbocycles. The fourth-order valence-corrected chi connectivity index (χ4v) is 2.87. The van der Waals surface area contributed by atoms with Gasteiger partial charge in [-0.3, -0.25) is 9.59 Å². The van der Waals surface area contributed by atoms with Crippen molar-refractivity contribution in [1.29, 1.82) is 0 Å². The van der Waals surface area contributed by atoms with Gasteiger partial charge in [-0.1, -0.05) is 24.3 Å². The van der Waals surface area contributed by atoms with Crippen LogP contribution in [0.25, 0.3) is 0 Å². The largest absolute Gasteiger partial charge is 0.494 e. The highest BCUT2D eigenvalue weighted by atomic mass is 16.5. The Balaban J connectivity index is 1.59. The van der Waals surface area contributed by atoms with Crippen LogP contribution in [0.15, 0.2) is 48.5 Å². The summed E-state index contributed by atoms with van der Waals surface area (Å²) in [5.41, 5.74) is 7.15. The molecule has 1 aliphatic heterocycles. The Bertz CT molecular complexity index is 806. The number of para-hydroxylation sites is 2. The number of anilines is 1. The number of ether oxygens (including phenoxy) is 2. The maximum Gasteiger partial charge on any atom is 0.260 e. The van der Waals surface area contributed by atoms with Crippen LogP contribution >= 0.6 is 0 Å². The molecule has 1 heterocycles. The topological polar surface area (TPSA) is 81.9 Å². The standard InChI is InChI=1S/C20H22N2O4/c1-14-6-4-7-15(12-14)25-11-5-10-19(23)22-13-18(20(21)24)26-17-9-3-2-8-16(17)22/h2-4,6-9,12,18H,5,10-11,13H2,1H3,(H2,21,24)/t18-/m1/s1. The molecule has 2 aromatic rings. The molecule has 3 rings (SSSR count). The van der Waals surface area contributed by atoms with Crippen molar-refractivity contribution in [2.24, 2.45) is 5.73 Å². The Morgan fingerprint density at radius 3 is 2.81 bits per heavy atom. The van der Waals surface area contributed by atoms with Crippen molar-refractivity contribution >= 4 is 17.5 Å². The number of aryl methyl sites for hydroxylation is 1. The molecule has 0 aromatic heterocycles. The van der Waals surface area contributed by atoms with Gasteiger partial charge in [0, 0.05) is 6.42 Å². The van der Waals surface area contributed by atoms with E-state index in [0.717, 1.165) is 11.3 Å². The van der Waals surface area contributed by atoms with E-state index in [-0.39, 0.29) is 12.5 Å². The molecule has 26 heavy (non-hydrogen) atoms. The monoisotopic (exact) mass is 354 g/mol. The van der Waals surface area contributed by atoms with Crippen LogP contribution in [0.4, 0.5) is 5.69 Å². The van der Waals surface area contributed by atoms with Gasteiger partial charge in [0.1, 0.15) is 11.5 Å². The van der Waals surface area contributed by atoms with Gasteiger partial charge in [0.05, 0.1) is 18.8 Å². The van der Waals surface area contributed by atoms with E-state index in [1.54, 1.807) is 23.1 Å². The van der Waals surface area contributed by atoms with Crippen LogP contribution in [0.1, 0.15) is 18.4 Å². The predicted octanol–water partition coefficient (Wildman–Crippen LogP) is 2.43. The van der Waals surface area contributed by atoms with E-state index in [4.69, 9.17) is 15.2 Å². The van der Waals surface area contributed by atoms with E-state index < -0.39 is 12.0 Å². The van der Waals surface area contributed by atoms with E-state index >= 15 is 0 Å². The first-order valence-electron chi connectivity index (χ1n) is 8.59. The summed E-state index contributed by atoms with van der Waals surface area (Å²) in [6.07, 6.45) is 0.0523. The van der Waals surface area contributed by atoms with Crippen molar-refractivity contribution in [1.82, 2.24) is 0 Å². The molecule has 0 radical (unpaired) electrons. The Morgan fingerprint density at radius 1 is 1.23 bits per heavy atom. The van der Waals surface area contributed by atoms with E-state index in [0.29, 0.717) is 30.9 Å². The molecule has 2 N–H and O–H groups in total. The maximum atomic E-state index is 12.7. The normalized spacial score (nSPS) is 15.7. The molecule has 0 spiro atoms. The van der Waals surface area contributed by atoms with Crippen LogP contribution in [-0.4, -0.2) is 31.1 Å². The van der Waals surface area contributed by atoms with Crippen molar-refractivity contribution < 1.29 is 19.1 Å². The average molecular weight is 354 g/mol. The van der Waals surface area contributed by atoms with Gasteiger partial charge in [0.15, 0.2) is 6.10 Å². The van der Waals surface area contributed by atoms with Crippen LogP contribution in [0.2, 0.25) is 0 Å². The second-order valence-electron chi connectivity index (χ2n) is 6.25. The van der Waals surface area contributed by atoms with Crippen molar-refractivity contribution in [2.45, 2.75) is 25.9 Å². The summed E-state index contributed by atoms with van der Waals surface area (Å²) in [7, 11) is 0. The lowest BCUT2D eigenvalue weighted by Gasteiger charge is -2.33. The first-order valence-corrected chi connectivity index (χ1v) is 8.59. The Labute approximate surface area is 152 Å². The number of amides is 2. The van der Waals surface area contributed by atoms with Crippen molar-refractivity contribution in [3.05, 3.63) is 54.1 Å². The smallest absolute Gasteiger partial charge is 0.260 e. The zero-order valence-corrected chi connectivity index (χ0v) is 14.7. The summed E-state index contributed by atoms with van der Waals surface area (Å²) in [6.45, 7) is 2.58. The molecule has 6 nitrogen and oxygen atoms in total. The molecule has 136 valence electrons. The quantitative estimate of drug-likeness (QED) is 0.808. The Kier molecular flexibility index (Phi) is 5.41. The Morgan fingerprint density at radius 2 is 2.04 bits per heavy atom. The number of benzene rings is 2. The average Bonchev–Trinajstić information content (AvgIpc) is 2.64. The van der Waals surface area contributed by atoms with Gasteiger partial charge < -0.3 is 20.1 Å². The molecule has 2 amide bonds. The van der Waals surface area contributed by atoms with Gasteiger partial charge >= 0.3 is 0 Å². The first kappa shape index (κ1) is 17.8. The summed E-state index contributed by atoms with van der Waals surface area (Å²) in [4.78, 5) is 25.7. The lowest BCUT2D eigenvalue weighted by atomic mass is 10.1. The number of nitrogens with zero attached hydrogens (tertiary/aromatic N) is 1. The third-order valence-electron chi connectivity index (χ3n) is 4.19. The van der Waals surface area contributed by atoms with Gasteiger partial charge in [0.2, 0.25) is 5.91 Å². The number of nitrogens with two attached hydrogens (primary N) is 1. The molecule has 0 aliphatic carbocycles. The molecule has 0 saturated carbocycles. The van der Waals surface area contributed by atoms with Gasteiger partial charge in [-0.25, -0.2) is 0 Å². The lowest BCUT2D eigenvalue weighted by molar-refractivity contribution is -0.125. The number of hydrogen-bond acceptors (Lipinski definition) is 4. The highest BCUT2D eigenvalue weighted by Gasteiger charge is 2.32. The van der Waals surface area contributed by atoms with Crippen LogP contribution in [0, 0.1) is 6.92 Å². The number of carbonyl (C=O) groups excluding carboxylic acids is 2. The summed E-state index contributed by atoms with van der Waals surface area (Å²) in [6, 6.07) is 14.9.